The molecule has 1 aromatic carbocycles. The van der Waals surface area contributed by atoms with Crippen LogP contribution in [0.2, 0.25) is 0 Å². The van der Waals surface area contributed by atoms with Crippen molar-refractivity contribution < 1.29 is 13.9 Å². The monoisotopic (exact) mass is 336 g/mol. The molecule has 0 aliphatic carbocycles. The average Bonchev–Trinajstić information content (AvgIpc) is 2.60. The molecule has 1 atom stereocenters. The Labute approximate surface area is 144 Å². The van der Waals surface area contributed by atoms with E-state index in [1.165, 1.54) is 25.0 Å². The van der Waals surface area contributed by atoms with Crippen LogP contribution in [0.25, 0.3) is 0 Å². The quantitative estimate of drug-likeness (QED) is 0.742. The lowest BCUT2D eigenvalue weighted by Gasteiger charge is -2.29. The minimum Gasteiger partial charge on any atom is -0.494 e. The summed E-state index contributed by atoms with van der Waals surface area (Å²) in [4.78, 5) is 14.1. The molecule has 5 heteroatoms. The highest BCUT2D eigenvalue weighted by Crippen LogP contribution is 2.24. The van der Waals surface area contributed by atoms with Crippen LogP contribution in [0.4, 0.5) is 4.39 Å². The molecule has 134 valence electrons. The number of piperidine rings is 1. The summed E-state index contributed by atoms with van der Waals surface area (Å²) in [7, 11) is 1.86. The summed E-state index contributed by atoms with van der Waals surface area (Å²) >= 11 is 0. The Morgan fingerprint density at radius 2 is 2.00 bits per heavy atom. The summed E-state index contributed by atoms with van der Waals surface area (Å²) in [6.07, 6.45) is 3.73. The molecular weight excluding hydrogens is 307 g/mol. The fourth-order valence-electron chi connectivity index (χ4n) is 3.16. The predicted octanol–water partition coefficient (Wildman–Crippen LogP) is 3.08. The van der Waals surface area contributed by atoms with Gasteiger partial charge in [0.05, 0.1) is 6.61 Å². The highest BCUT2D eigenvalue weighted by molar-refractivity contribution is 5.76. The predicted molar refractivity (Wildman–Crippen MR) is 93.5 cm³/mol. The van der Waals surface area contributed by atoms with E-state index in [0.29, 0.717) is 37.2 Å². The number of ether oxygens (including phenoxy) is 1. The molecule has 1 N–H and O–H groups in total. The minimum atomic E-state index is -0.268. The average molecular weight is 336 g/mol. The lowest BCUT2D eigenvalue weighted by Crippen LogP contribution is -2.34. The SMILES string of the molecule is CC(CC(=O)N(C)CCCOc1ccc(F)cc1)C1CCNCC1. The molecule has 0 saturated carbocycles. The van der Waals surface area contributed by atoms with Crippen molar-refractivity contribution in [2.45, 2.75) is 32.6 Å². The van der Waals surface area contributed by atoms with Crippen molar-refractivity contribution in [2.75, 3.05) is 33.3 Å². The van der Waals surface area contributed by atoms with Crippen LogP contribution in [-0.4, -0.2) is 44.1 Å². The van der Waals surface area contributed by atoms with Crippen LogP contribution in [0.1, 0.15) is 32.6 Å². The van der Waals surface area contributed by atoms with Crippen LogP contribution < -0.4 is 10.1 Å². The van der Waals surface area contributed by atoms with Crippen LogP contribution in [0.5, 0.6) is 5.75 Å². The van der Waals surface area contributed by atoms with Crippen LogP contribution in [0, 0.1) is 17.7 Å². The van der Waals surface area contributed by atoms with Crippen molar-refractivity contribution in [2.24, 2.45) is 11.8 Å². The van der Waals surface area contributed by atoms with Gasteiger partial charge in [-0.1, -0.05) is 6.92 Å². The van der Waals surface area contributed by atoms with E-state index in [2.05, 4.69) is 12.2 Å². The van der Waals surface area contributed by atoms with Gasteiger partial charge < -0.3 is 15.0 Å². The zero-order valence-corrected chi connectivity index (χ0v) is 14.8. The molecule has 1 amide bonds. The van der Waals surface area contributed by atoms with Gasteiger partial charge in [0.2, 0.25) is 5.91 Å². The summed E-state index contributed by atoms with van der Waals surface area (Å²) in [5.41, 5.74) is 0. The molecule has 1 heterocycles. The lowest BCUT2D eigenvalue weighted by atomic mass is 9.84. The molecule has 0 spiro atoms. The van der Waals surface area contributed by atoms with E-state index in [9.17, 15) is 9.18 Å². The molecule has 0 radical (unpaired) electrons. The molecule has 2 rings (SSSR count). The Morgan fingerprint density at radius 3 is 2.67 bits per heavy atom. The number of nitrogens with one attached hydrogen (secondary N) is 1. The Morgan fingerprint density at radius 1 is 1.33 bits per heavy atom. The third kappa shape index (κ3) is 6.11. The third-order valence-corrected chi connectivity index (χ3v) is 4.83. The number of hydrogen-bond donors (Lipinski definition) is 1. The molecule has 24 heavy (non-hydrogen) atoms. The minimum absolute atomic E-state index is 0.211. The van der Waals surface area contributed by atoms with Crippen LogP contribution in [0.3, 0.4) is 0 Å². The second-order valence-electron chi connectivity index (χ2n) is 6.74. The largest absolute Gasteiger partial charge is 0.494 e. The number of nitrogens with zero attached hydrogens (tertiary/aromatic N) is 1. The number of benzene rings is 1. The summed E-state index contributed by atoms with van der Waals surface area (Å²) in [6, 6.07) is 6.00. The smallest absolute Gasteiger partial charge is 0.222 e. The molecule has 1 unspecified atom stereocenters. The van der Waals surface area contributed by atoms with Gasteiger partial charge in [0.1, 0.15) is 11.6 Å². The van der Waals surface area contributed by atoms with Crippen molar-refractivity contribution in [3.63, 3.8) is 0 Å². The highest BCUT2D eigenvalue weighted by Gasteiger charge is 2.23. The fraction of sp³-hybridized carbons (Fsp3) is 0.632. The van der Waals surface area contributed by atoms with Gasteiger partial charge in [-0.15, -0.1) is 0 Å². The zero-order valence-electron chi connectivity index (χ0n) is 14.8. The molecule has 4 nitrogen and oxygen atoms in total. The molecule has 1 aliphatic rings. The van der Waals surface area contributed by atoms with Crippen LogP contribution in [-0.2, 0) is 4.79 Å². The van der Waals surface area contributed by atoms with Gasteiger partial charge in [-0.25, -0.2) is 4.39 Å². The maximum Gasteiger partial charge on any atom is 0.222 e. The number of hydrogen-bond acceptors (Lipinski definition) is 3. The van der Waals surface area contributed by atoms with Gasteiger partial charge in [0.15, 0.2) is 0 Å². The maximum absolute atomic E-state index is 12.8. The number of halogens is 1. The van der Waals surface area contributed by atoms with E-state index >= 15 is 0 Å². The summed E-state index contributed by atoms with van der Waals surface area (Å²) in [6.45, 7) is 5.53. The summed E-state index contributed by atoms with van der Waals surface area (Å²) in [5, 5.41) is 3.37. The van der Waals surface area contributed by atoms with Crippen molar-refractivity contribution in [3.05, 3.63) is 30.1 Å². The Hall–Kier alpha value is -1.62. The van der Waals surface area contributed by atoms with E-state index in [-0.39, 0.29) is 11.7 Å². The second-order valence-corrected chi connectivity index (χ2v) is 6.74. The number of amides is 1. The number of carbonyl (C=O) groups is 1. The van der Waals surface area contributed by atoms with Crippen molar-refractivity contribution in [3.8, 4) is 5.75 Å². The fourth-order valence-corrected chi connectivity index (χ4v) is 3.16. The molecule has 1 saturated heterocycles. The van der Waals surface area contributed by atoms with Crippen molar-refractivity contribution in [1.82, 2.24) is 10.2 Å². The van der Waals surface area contributed by atoms with E-state index < -0.39 is 0 Å². The zero-order chi connectivity index (χ0) is 17.4. The standard InChI is InChI=1S/C19H29FN2O2/c1-15(16-8-10-21-11-9-16)14-19(23)22(2)12-3-13-24-18-6-4-17(20)5-7-18/h4-7,15-16,21H,3,8-14H2,1-2H3. The normalized spacial score (nSPS) is 16.6. The van der Waals surface area contributed by atoms with Crippen LogP contribution in [0.15, 0.2) is 24.3 Å². The van der Waals surface area contributed by atoms with E-state index in [0.717, 1.165) is 19.5 Å². The maximum atomic E-state index is 12.8. The first-order valence-corrected chi connectivity index (χ1v) is 8.89. The third-order valence-electron chi connectivity index (χ3n) is 4.83. The van der Waals surface area contributed by atoms with Crippen molar-refractivity contribution >= 4 is 5.91 Å². The van der Waals surface area contributed by atoms with Gasteiger partial charge in [0.25, 0.3) is 0 Å². The Kier molecular flexibility index (Phi) is 7.50. The first-order chi connectivity index (χ1) is 11.6. The summed E-state index contributed by atoms with van der Waals surface area (Å²) < 4.78 is 18.4. The molecule has 0 bridgehead atoms. The van der Waals surface area contributed by atoms with Gasteiger partial charge in [-0.2, -0.15) is 0 Å². The number of carbonyl (C=O) groups excluding carboxylic acids is 1. The molecular formula is C19H29FN2O2. The topological polar surface area (TPSA) is 41.6 Å². The second kappa shape index (κ2) is 9.62. The van der Waals surface area contributed by atoms with E-state index in [1.807, 2.05) is 7.05 Å². The van der Waals surface area contributed by atoms with Gasteiger partial charge in [-0.3, -0.25) is 4.79 Å². The number of rotatable bonds is 8. The molecule has 0 aromatic heterocycles. The van der Waals surface area contributed by atoms with E-state index in [1.54, 1.807) is 17.0 Å². The molecule has 1 fully saturated rings. The lowest BCUT2D eigenvalue weighted by molar-refractivity contribution is -0.131. The highest BCUT2D eigenvalue weighted by atomic mass is 19.1. The first kappa shape index (κ1) is 18.7. The van der Waals surface area contributed by atoms with Gasteiger partial charge in [-0.05, 0) is 68.5 Å². The molecule has 1 aliphatic heterocycles. The van der Waals surface area contributed by atoms with E-state index in [4.69, 9.17) is 4.74 Å². The molecule has 1 aromatic rings. The van der Waals surface area contributed by atoms with Gasteiger partial charge >= 0.3 is 0 Å². The summed E-state index contributed by atoms with van der Waals surface area (Å²) in [5.74, 6) is 1.70. The van der Waals surface area contributed by atoms with Crippen LogP contribution >= 0.6 is 0 Å². The van der Waals surface area contributed by atoms with Crippen molar-refractivity contribution in [1.29, 1.82) is 0 Å². The Balaban J connectivity index is 1.63. The first-order valence-electron chi connectivity index (χ1n) is 8.89. The Bertz CT molecular complexity index is 501. The van der Waals surface area contributed by atoms with Gasteiger partial charge in [0, 0.05) is 20.0 Å².